The number of hydrogen-bond donors (Lipinski definition) is 1. The minimum atomic E-state index is -0.462. The summed E-state index contributed by atoms with van der Waals surface area (Å²) in [6.07, 6.45) is 0.138. The van der Waals surface area contributed by atoms with Crippen molar-refractivity contribution < 1.29 is 9.90 Å². The number of urea groups is 1. The van der Waals surface area contributed by atoms with Gasteiger partial charge in [-0.3, -0.25) is 4.90 Å². The molecule has 0 spiro atoms. The Hall–Kier alpha value is -1.55. The van der Waals surface area contributed by atoms with E-state index >= 15 is 0 Å². The number of carbonyl (C=O) groups excluding carboxylic acids is 1. The van der Waals surface area contributed by atoms with Crippen molar-refractivity contribution in [2.24, 2.45) is 0 Å². The summed E-state index contributed by atoms with van der Waals surface area (Å²) in [6.45, 7) is 7.95. The Labute approximate surface area is 114 Å². The molecule has 4 heteroatoms. The van der Waals surface area contributed by atoms with E-state index < -0.39 is 6.10 Å². The number of amides is 2. The quantitative estimate of drug-likeness (QED) is 0.890. The summed E-state index contributed by atoms with van der Waals surface area (Å²) in [7, 11) is 0. The number of aliphatic hydroxyl groups is 1. The van der Waals surface area contributed by atoms with Crippen LogP contribution in [0.2, 0.25) is 0 Å². The lowest BCUT2D eigenvalue weighted by Crippen LogP contribution is -2.45. The van der Waals surface area contributed by atoms with E-state index in [0.29, 0.717) is 26.1 Å². The first-order valence-electron chi connectivity index (χ1n) is 6.93. The lowest BCUT2D eigenvalue weighted by molar-refractivity contribution is 0.161. The molecule has 1 aromatic carbocycles. The Kier molecular flexibility index (Phi) is 4.10. The van der Waals surface area contributed by atoms with Gasteiger partial charge < -0.3 is 10.0 Å². The van der Waals surface area contributed by atoms with Gasteiger partial charge in [-0.2, -0.15) is 0 Å². The number of nitrogens with zero attached hydrogens (tertiary/aromatic N) is 2. The molecular formula is C15H22N2O2. The van der Waals surface area contributed by atoms with Crippen molar-refractivity contribution in [1.82, 2.24) is 4.90 Å². The Bertz CT molecular complexity index is 469. The lowest BCUT2D eigenvalue weighted by atomic mass is 9.97. The van der Waals surface area contributed by atoms with Crippen molar-refractivity contribution >= 4 is 11.7 Å². The standard InChI is InChI=1S/C15H22N2O2/c1-4-16(5-2)15(19)17-9-8-14(18)12-10-11(3)6-7-13(12)17/h6-7,10,14,18H,4-5,8-9H2,1-3H3. The largest absolute Gasteiger partial charge is 0.388 e. The van der Waals surface area contributed by atoms with E-state index in [9.17, 15) is 9.90 Å². The Morgan fingerprint density at radius 2 is 2.11 bits per heavy atom. The summed E-state index contributed by atoms with van der Waals surface area (Å²) in [4.78, 5) is 16.1. The first kappa shape index (κ1) is 13.9. The fourth-order valence-corrected chi connectivity index (χ4v) is 2.58. The Morgan fingerprint density at radius 3 is 2.74 bits per heavy atom. The van der Waals surface area contributed by atoms with Crippen LogP contribution in [0.4, 0.5) is 10.5 Å². The normalized spacial score (nSPS) is 18.1. The molecule has 0 fully saturated rings. The third-order valence-electron chi connectivity index (χ3n) is 3.72. The second-order valence-corrected chi connectivity index (χ2v) is 4.97. The van der Waals surface area contributed by atoms with Gasteiger partial charge >= 0.3 is 6.03 Å². The lowest BCUT2D eigenvalue weighted by Gasteiger charge is -2.35. The van der Waals surface area contributed by atoms with Crippen LogP contribution in [0.5, 0.6) is 0 Å². The van der Waals surface area contributed by atoms with Gasteiger partial charge in [-0.05, 0) is 33.3 Å². The van der Waals surface area contributed by atoms with Crippen molar-refractivity contribution in [2.45, 2.75) is 33.3 Å². The Morgan fingerprint density at radius 1 is 1.42 bits per heavy atom. The molecule has 1 heterocycles. The summed E-state index contributed by atoms with van der Waals surface area (Å²) in [6, 6.07) is 5.93. The molecular weight excluding hydrogens is 240 g/mol. The average Bonchev–Trinajstić information content (AvgIpc) is 2.41. The monoisotopic (exact) mass is 262 g/mol. The predicted molar refractivity (Wildman–Crippen MR) is 76.4 cm³/mol. The van der Waals surface area contributed by atoms with Crippen LogP contribution in [-0.2, 0) is 0 Å². The molecule has 104 valence electrons. The minimum Gasteiger partial charge on any atom is -0.388 e. The van der Waals surface area contributed by atoms with Crippen molar-refractivity contribution in [3.8, 4) is 0 Å². The third-order valence-corrected chi connectivity index (χ3v) is 3.72. The van der Waals surface area contributed by atoms with Crippen LogP contribution in [-0.4, -0.2) is 35.7 Å². The second kappa shape index (κ2) is 5.61. The highest BCUT2D eigenvalue weighted by Gasteiger charge is 2.29. The van der Waals surface area contributed by atoms with E-state index in [0.717, 1.165) is 16.8 Å². The first-order valence-corrected chi connectivity index (χ1v) is 6.93. The molecule has 0 radical (unpaired) electrons. The van der Waals surface area contributed by atoms with Crippen molar-refractivity contribution in [3.05, 3.63) is 29.3 Å². The SMILES string of the molecule is CCN(CC)C(=O)N1CCC(O)c2cc(C)ccc21. The number of anilines is 1. The number of hydrogen-bond acceptors (Lipinski definition) is 2. The molecule has 19 heavy (non-hydrogen) atoms. The maximum Gasteiger partial charge on any atom is 0.324 e. The average molecular weight is 262 g/mol. The summed E-state index contributed by atoms with van der Waals surface area (Å²) in [5, 5.41) is 10.1. The predicted octanol–water partition coefficient (Wildman–Crippen LogP) is 2.70. The van der Waals surface area contributed by atoms with E-state index in [2.05, 4.69) is 0 Å². The molecule has 0 aliphatic carbocycles. The van der Waals surface area contributed by atoms with E-state index in [4.69, 9.17) is 0 Å². The molecule has 0 aromatic heterocycles. The molecule has 1 unspecified atom stereocenters. The number of fused-ring (bicyclic) bond motifs is 1. The van der Waals surface area contributed by atoms with Crippen LogP contribution in [0.1, 0.15) is 37.5 Å². The molecule has 1 aliphatic heterocycles. The van der Waals surface area contributed by atoms with Gasteiger partial charge in [0, 0.05) is 25.2 Å². The van der Waals surface area contributed by atoms with Gasteiger partial charge in [0.1, 0.15) is 0 Å². The van der Waals surface area contributed by atoms with Gasteiger partial charge in [0.2, 0.25) is 0 Å². The van der Waals surface area contributed by atoms with Crippen molar-refractivity contribution in [3.63, 3.8) is 0 Å². The summed E-state index contributed by atoms with van der Waals surface area (Å²) in [5.41, 5.74) is 2.82. The molecule has 0 saturated heterocycles. The first-order chi connectivity index (χ1) is 9.08. The highest BCUT2D eigenvalue weighted by molar-refractivity contribution is 5.93. The van der Waals surface area contributed by atoms with Crippen LogP contribution in [0, 0.1) is 6.92 Å². The fraction of sp³-hybridized carbons (Fsp3) is 0.533. The van der Waals surface area contributed by atoms with Crippen LogP contribution >= 0.6 is 0 Å². The van der Waals surface area contributed by atoms with E-state index in [1.165, 1.54) is 0 Å². The molecule has 2 rings (SSSR count). The van der Waals surface area contributed by atoms with Crippen molar-refractivity contribution in [2.75, 3.05) is 24.5 Å². The van der Waals surface area contributed by atoms with E-state index in [1.54, 1.807) is 9.80 Å². The fourth-order valence-electron chi connectivity index (χ4n) is 2.58. The Balaban J connectivity index is 2.35. The molecule has 1 aromatic rings. The summed E-state index contributed by atoms with van der Waals surface area (Å²) >= 11 is 0. The minimum absolute atomic E-state index is 0.0296. The summed E-state index contributed by atoms with van der Waals surface area (Å²) in [5.74, 6) is 0. The molecule has 2 amide bonds. The zero-order chi connectivity index (χ0) is 14.0. The number of aryl methyl sites for hydroxylation is 1. The van der Waals surface area contributed by atoms with Crippen LogP contribution in [0.15, 0.2) is 18.2 Å². The number of aliphatic hydroxyl groups excluding tert-OH is 1. The number of rotatable bonds is 2. The molecule has 1 atom stereocenters. The molecule has 4 nitrogen and oxygen atoms in total. The highest BCUT2D eigenvalue weighted by atomic mass is 16.3. The zero-order valence-corrected chi connectivity index (χ0v) is 11.9. The van der Waals surface area contributed by atoms with Crippen molar-refractivity contribution in [1.29, 1.82) is 0 Å². The maximum absolute atomic E-state index is 12.5. The van der Waals surface area contributed by atoms with Gasteiger partial charge in [0.15, 0.2) is 0 Å². The molecule has 1 aliphatic rings. The van der Waals surface area contributed by atoms with Gasteiger partial charge in [-0.1, -0.05) is 17.7 Å². The topological polar surface area (TPSA) is 43.8 Å². The number of benzene rings is 1. The third kappa shape index (κ3) is 2.59. The van der Waals surface area contributed by atoms with Crippen LogP contribution < -0.4 is 4.90 Å². The zero-order valence-electron chi connectivity index (χ0n) is 11.9. The van der Waals surface area contributed by atoms with Crippen LogP contribution in [0.25, 0.3) is 0 Å². The molecule has 0 saturated carbocycles. The van der Waals surface area contributed by atoms with E-state index in [-0.39, 0.29) is 6.03 Å². The number of carbonyl (C=O) groups is 1. The smallest absolute Gasteiger partial charge is 0.324 e. The van der Waals surface area contributed by atoms with Gasteiger partial charge in [0.25, 0.3) is 0 Å². The molecule has 0 bridgehead atoms. The molecule has 1 N–H and O–H groups in total. The van der Waals surface area contributed by atoms with Gasteiger partial charge in [0.05, 0.1) is 11.8 Å². The highest BCUT2D eigenvalue weighted by Crippen LogP contribution is 2.34. The van der Waals surface area contributed by atoms with E-state index in [1.807, 2.05) is 39.0 Å². The second-order valence-electron chi connectivity index (χ2n) is 4.97. The van der Waals surface area contributed by atoms with Gasteiger partial charge in [-0.25, -0.2) is 4.79 Å². The van der Waals surface area contributed by atoms with Crippen LogP contribution in [0.3, 0.4) is 0 Å². The summed E-state index contributed by atoms with van der Waals surface area (Å²) < 4.78 is 0. The maximum atomic E-state index is 12.5. The van der Waals surface area contributed by atoms with Gasteiger partial charge in [-0.15, -0.1) is 0 Å².